The van der Waals surface area contributed by atoms with Gasteiger partial charge in [0.25, 0.3) is 0 Å². The zero-order valence-electron chi connectivity index (χ0n) is 14.0. The van der Waals surface area contributed by atoms with E-state index in [0.29, 0.717) is 39.3 Å². The topological polar surface area (TPSA) is 75.0 Å². The molecule has 0 atom stereocenters. The molecular weight excluding hydrogens is 324 g/mol. The lowest BCUT2D eigenvalue weighted by atomic mass is 10.1. The van der Waals surface area contributed by atoms with Gasteiger partial charge < -0.3 is 18.6 Å². The Morgan fingerprint density at radius 2 is 1.60 bits per heavy atom. The van der Waals surface area contributed by atoms with Crippen LogP contribution in [0.1, 0.15) is 6.92 Å². The molecular formula is C19H16O6. The fraction of sp³-hybridized carbons (Fsp3) is 0.158. The number of ether oxygens (including phenoxy) is 3. The Labute approximate surface area is 143 Å². The smallest absolute Gasteiger partial charge is 0.344 e. The highest BCUT2D eigenvalue weighted by atomic mass is 16.5. The predicted octanol–water partition coefficient (Wildman–Crippen LogP) is 3.40. The summed E-state index contributed by atoms with van der Waals surface area (Å²) in [6, 6.07) is 11.8. The number of esters is 1. The Bertz CT molecular complexity index is 980. The van der Waals surface area contributed by atoms with Gasteiger partial charge in [-0.05, 0) is 35.9 Å². The zero-order valence-corrected chi connectivity index (χ0v) is 14.0. The Hall–Kier alpha value is -3.28. The van der Waals surface area contributed by atoms with E-state index in [1.165, 1.54) is 27.2 Å². The molecule has 0 saturated carbocycles. The van der Waals surface area contributed by atoms with Crippen molar-refractivity contribution in [1.82, 2.24) is 0 Å². The van der Waals surface area contributed by atoms with E-state index in [9.17, 15) is 9.59 Å². The maximum Gasteiger partial charge on any atom is 0.344 e. The van der Waals surface area contributed by atoms with Crippen LogP contribution in [0.2, 0.25) is 0 Å². The molecule has 0 fully saturated rings. The second-order valence-electron chi connectivity index (χ2n) is 5.34. The number of benzene rings is 2. The van der Waals surface area contributed by atoms with Gasteiger partial charge in [0, 0.05) is 24.4 Å². The predicted molar refractivity (Wildman–Crippen MR) is 92.3 cm³/mol. The fourth-order valence-corrected chi connectivity index (χ4v) is 2.49. The van der Waals surface area contributed by atoms with Gasteiger partial charge in [-0.3, -0.25) is 4.79 Å². The maximum atomic E-state index is 12.4. The molecule has 6 heteroatoms. The number of rotatable bonds is 4. The molecule has 0 spiro atoms. The van der Waals surface area contributed by atoms with E-state index in [0.717, 1.165) is 0 Å². The summed E-state index contributed by atoms with van der Waals surface area (Å²) >= 11 is 0. The van der Waals surface area contributed by atoms with E-state index in [-0.39, 0.29) is 0 Å². The normalized spacial score (nSPS) is 10.5. The highest BCUT2D eigenvalue weighted by molar-refractivity contribution is 5.84. The third-order valence-corrected chi connectivity index (χ3v) is 3.63. The first-order valence-electron chi connectivity index (χ1n) is 7.50. The number of hydrogen-bond donors (Lipinski definition) is 0. The SMILES string of the molecule is COc1cc(OC)cc(-c2cc3ccc(OC(C)=O)cc3oc2=O)c1. The minimum atomic E-state index is -0.511. The first-order chi connectivity index (χ1) is 12.0. The van der Waals surface area contributed by atoms with Crippen molar-refractivity contribution < 1.29 is 23.4 Å². The van der Waals surface area contributed by atoms with Gasteiger partial charge >= 0.3 is 11.6 Å². The molecule has 0 N–H and O–H groups in total. The van der Waals surface area contributed by atoms with Gasteiger partial charge in [-0.25, -0.2) is 4.79 Å². The van der Waals surface area contributed by atoms with Crippen molar-refractivity contribution in [2.24, 2.45) is 0 Å². The second-order valence-corrected chi connectivity index (χ2v) is 5.34. The molecule has 0 radical (unpaired) electrons. The molecule has 0 aliphatic rings. The molecule has 0 amide bonds. The van der Waals surface area contributed by atoms with Crippen LogP contribution in [0.25, 0.3) is 22.1 Å². The molecule has 0 aliphatic heterocycles. The van der Waals surface area contributed by atoms with Crippen LogP contribution in [-0.2, 0) is 4.79 Å². The summed E-state index contributed by atoms with van der Waals surface area (Å²) in [6.07, 6.45) is 0. The Kier molecular flexibility index (Phi) is 4.43. The van der Waals surface area contributed by atoms with Gasteiger partial charge in [0.15, 0.2) is 0 Å². The van der Waals surface area contributed by atoms with Gasteiger partial charge in [0.1, 0.15) is 22.8 Å². The quantitative estimate of drug-likeness (QED) is 0.412. The van der Waals surface area contributed by atoms with Crippen molar-refractivity contribution >= 4 is 16.9 Å². The summed E-state index contributed by atoms with van der Waals surface area (Å²) < 4.78 is 20.9. The first-order valence-corrected chi connectivity index (χ1v) is 7.50. The lowest BCUT2D eigenvalue weighted by Gasteiger charge is -2.09. The van der Waals surface area contributed by atoms with Crippen LogP contribution in [0, 0.1) is 0 Å². The van der Waals surface area contributed by atoms with Crippen LogP contribution in [0.5, 0.6) is 17.2 Å². The molecule has 6 nitrogen and oxygen atoms in total. The van der Waals surface area contributed by atoms with Crippen LogP contribution in [0.4, 0.5) is 0 Å². The maximum absolute atomic E-state index is 12.4. The first kappa shape index (κ1) is 16.6. The van der Waals surface area contributed by atoms with Crippen molar-refractivity contribution in [1.29, 1.82) is 0 Å². The van der Waals surface area contributed by atoms with Crippen molar-refractivity contribution in [3.05, 3.63) is 52.9 Å². The fourth-order valence-electron chi connectivity index (χ4n) is 2.49. The third kappa shape index (κ3) is 3.47. The van der Waals surface area contributed by atoms with E-state index in [2.05, 4.69) is 0 Å². The van der Waals surface area contributed by atoms with Crippen molar-refractivity contribution in [2.45, 2.75) is 6.92 Å². The summed E-state index contributed by atoms with van der Waals surface area (Å²) in [5.74, 6) is 1.01. The second kappa shape index (κ2) is 6.68. The van der Waals surface area contributed by atoms with E-state index in [1.807, 2.05) is 0 Å². The molecule has 128 valence electrons. The summed E-state index contributed by atoms with van der Waals surface area (Å²) in [7, 11) is 3.08. The lowest BCUT2D eigenvalue weighted by Crippen LogP contribution is -2.04. The van der Waals surface area contributed by atoms with Crippen LogP contribution in [-0.4, -0.2) is 20.2 Å². The van der Waals surface area contributed by atoms with Gasteiger partial charge in [0.2, 0.25) is 0 Å². The van der Waals surface area contributed by atoms with Gasteiger partial charge in [-0.2, -0.15) is 0 Å². The number of methoxy groups -OCH3 is 2. The monoisotopic (exact) mass is 340 g/mol. The molecule has 0 bridgehead atoms. The number of carbonyl (C=O) groups excluding carboxylic acids is 1. The number of carbonyl (C=O) groups is 1. The van der Waals surface area contributed by atoms with Gasteiger partial charge in [-0.1, -0.05) is 0 Å². The van der Waals surface area contributed by atoms with Gasteiger partial charge in [0.05, 0.1) is 19.8 Å². The lowest BCUT2D eigenvalue weighted by molar-refractivity contribution is -0.131. The highest BCUT2D eigenvalue weighted by Crippen LogP contribution is 2.30. The van der Waals surface area contributed by atoms with E-state index in [1.54, 1.807) is 36.4 Å². The summed E-state index contributed by atoms with van der Waals surface area (Å²) in [5.41, 5.74) is 0.825. The average molecular weight is 340 g/mol. The highest BCUT2D eigenvalue weighted by Gasteiger charge is 2.12. The largest absolute Gasteiger partial charge is 0.497 e. The minimum absolute atomic E-state index is 0.318. The third-order valence-electron chi connectivity index (χ3n) is 3.63. The molecule has 1 heterocycles. The van der Waals surface area contributed by atoms with Crippen molar-refractivity contribution in [3.8, 4) is 28.4 Å². The molecule has 3 rings (SSSR count). The van der Waals surface area contributed by atoms with Crippen molar-refractivity contribution in [3.63, 3.8) is 0 Å². The molecule has 0 unspecified atom stereocenters. The van der Waals surface area contributed by atoms with Crippen LogP contribution >= 0.6 is 0 Å². The van der Waals surface area contributed by atoms with Crippen LogP contribution in [0.15, 0.2) is 51.7 Å². The van der Waals surface area contributed by atoms with Crippen LogP contribution in [0.3, 0.4) is 0 Å². The number of hydrogen-bond acceptors (Lipinski definition) is 6. The Morgan fingerprint density at radius 1 is 0.920 bits per heavy atom. The molecule has 25 heavy (non-hydrogen) atoms. The summed E-state index contributed by atoms with van der Waals surface area (Å²) in [6.45, 7) is 1.31. The van der Waals surface area contributed by atoms with Gasteiger partial charge in [-0.15, -0.1) is 0 Å². The Balaban J connectivity index is 2.13. The molecule has 0 aliphatic carbocycles. The molecule has 1 aromatic heterocycles. The average Bonchev–Trinajstić information content (AvgIpc) is 2.60. The summed E-state index contributed by atoms with van der Waals surface area (Å²) in [5, 5.41) is 0.701. The number of fused-ring (bicyclic) bond motifs is 1. The minimum Gasteiger partial charge on any atom is -0.497 e. The van der Waals surface area contributed by atoms with Crippen molar-refractivity contribution in [2.75, 3.05) is 14.2 Å². The van der Waals surface area contributed by atoms with Crippen LogP contribution < -0.4 is 19.8 Å². The Morgan fingerprint density at radius 3 is 2.20 bits per heavy atom. The van der Waals surface area contributed by atoms with E-state index in [4.69, 9.17) is 18.6 Å². The summed E-state index contributed by atoms with van der Waals surface area (Å²) in [4.78, 5) is 23.4. The molecule has 0 saturated heterocycles. The van der Waals surface area contributed by atoms with E-state index >= 15 is 0 Å². The molecule has 3 aromatic rings. The zero-order chi connectivity index (χ0) is 18.0. The standard InChI is InChI=1S/C19H16O6/c1-11(20)24-14-5-4-12-8-17(19(21)25-18(12)10-14)13-6-15(22-2)9-16(7-13)23-3/h4-10H,1-3H3. The molecule has 2 aromatic carbocycles. The van der Waals surface area contributed by atoms with E-state index < -0.39 is 11.6 Å².